The van der Waals surface area contributed by atoms with Crippen LogP contribution in [0, 0.1) is 17.8 Å². The minimum absolute atomic E-state index is 0.0362. The van der Waals surface area contributed by atoms with Crippen LogP contribution in [-0.2, 0) is 11.2 Å². The highest BCUT2D eigenvalue weighted by Gasteiger charge is 2.36. The SMILES string of the molecule is CCCc1cc(O)c([C@@H]2CC(C=O)CCC2C(C)C)c(O)c1. The van der Waals surface area contributed by atoms with Crippen molar-refractivity contribution in [2.75, 3.05) is 0 Å². The second kappa shape index (κ2) is 7.17. The van der Waals surface area contributed by atoms with Gasteiger partial charge in [0, 0.05) is 11.5 Å². The molecular formula is C19H28O3. The summed E-state index contributed by atoms with van der Waals surface area (Å²) in [6, 6.07) is 3.56. The number of hydrogen-bond donors (Lipinski definition) is 2. The van der Waals surface area contributed by atoms with Crippen LogP contribution in [0.1, 0.15) is 63.5 Å². The Morgan fingerprint density at radius 1 is 1.23 bits per heavy atom. The molecule has 0 spiro atoms. The van der Waals surface area contributed by atoms with E-state index in [0.29, 0.717) is 17.4 Å². The molecule has 0 aliphatic heterocycles. The van der Waals surface area contributed by atoms with E-state index < -0.39 is 0 Å². The van der Waals surface area contributed by atoms with Crippen LogP contribution in [0.25, 0.3) is 0 Å². The quantitative estimate of drug-likeness (QED) is 0.792. The molecule has 122 valence electrons. The molecule has 0 bridgehead atoms. The summed E-state index contributed by atoms with van der Waals surface area (Å²) in [4.78, 5) is 11.2. The normalized spacial score (nSPS) is 25.4. The van der Waals surface area contributed by atoms with E-state index >= 15 is 0 Å². The van der Waals surface area contributed by atoms with Crippen LogP contribution in [0.3, 0.4) is 0 Å². The number of aldehydes is 1. The van der Waals surface area contributed by atoms with Crippen LogP contribution >= 0.6 is 0 Å². The predicted molar refractivity (Wildman–Crippen MR) is 88.2 cm³/mol. The standard InChI is InChI=1S/C19H28O3/c1-4-5-13-9-17(21)19(18(22)10-13)16-8-14(11-20)6-7-15(16)12(2)3/h9-12,14-16,21-22H,4-8H2,1-3H3/t14?,15?,16-/m1/s1. The summed E-state index contributed by atoms with van der Waals surface area (Å²) in [6.45, 7) is 6.43. The maximum absolute atomic E-state index is 11.2. The van der Waals surface area contributed by atoms with Crippen molar-refractivity contribution in [1.29, 1.82) is 0 Å². The van der Waals surface area contributed by atoms with E-state index in [-0.39, 0.29) is 23.3 Å². The first-order valence-corrected chi connectivity index (χ1v) is 8.47. The first kappa shape index (κ1) is 16.9. The Morgan fingerprint density at radius 3 is 2.36 bits per heavy atom. The van der Waals surface area contributed by atoms with Gasteiger partial charge in [-0.1, -0.05) is 27.2 Å². The van der Waals surface area contributed by atoms with Crippen LogP contribution in [0.4, 0.5) is 0 Å². The van der Waals surface area contributed by atoms with E-state index in [2.05, 4.69) is 20.8 Å². The van der Waals surface area contributed by atoms with Crippen molar-refractivity contribution in [2.45, 2.75) is 58.8 Å². The highest BCUT2D eigenvalue weighted by Crippen LogP contribution is 2.49. The molecule has 0 saturated heterocycles. The second-order valence-corrected chi connectivity index (χ2v) is 7.02. The van der Waals surface area contributed by atoms with Crippen molar-refractivity contribution in [3.8, 4) is 11.5 Å². The molecule has 0 heterocycles. The summed E-state index contributed by atoms with van der Waals surface area (Å²) < 4.78 is 0. The third-order valence-corrected chi connectivity index (χ3v) is 5.10. The highest BCUT2D eigenvalue weighted by molar-refractivity contribution is 5.55. The predicted octanol–water partition coefficient (Wildman–Crippen LogP) is 4.41. The summed E-state index contributed by atoms with van der Waals surface area (Å²) in [5, 5.41) is 20.9. The molecule has 2 N–H and O–H groups in total. The van der Waals surface area contributed by atoms with E-state index in [1.54, 1.807) is 12.1 Å². The van der Waals surface area contributed by atoms with Crippen molar-refractivity contribution < 1.29 is 15.0 Å². The number of carbonyl (C=O) groups is 1. The fourth-order valence-corrected chi connectivity index (χ4v) is 3.97. The van der Waals surface area contributed by atoms with Crippen molar-refractivity contribution in [2.24, 2.45) is 17.8 Å². The molecule has 2 unspecified atom stereocenters. The average molecular weight is 304 g/mol. The number of phenolic OH excluding ortho intramolecular Hbond substituents is 2. The summed E-state index contributed by atoms with van der Waals surface area (Å²) >= 11 is 0. The first-order chi connectivity index (χ1) is 10.5. The fraction of sp³-hybridized carbons (Fsp3) is 0.632. The van der Waals surface area contributed by atoms with Gasteiger partial charge in [0.05, 0.1) is 0 Å². The van der Waals surface area contributed by atoms with Gasteiger partial charge in [0.15, 0.2) is 0 Å². The van der Waals surface area contributed by atoms with Crippen LogP contribution in [0.5, 0.6) is 11.5 Å². The number of rotatable bonds is 5. The van der Waals surface area contributed by atoms with Gasteiger partial charge in [-0.3, -0.25) is 0 Å². The van der Waals surface area contributed by atoms with E-state index in [1.807, 2.05) is 0 Å². The van der Waals surface area contributed by atoms with Crippen LogP contribution in [-0.4, -0.2) is 16.5 Å². The molecule has 1 fully saturated rings. The first-order valence-electron chi connectivity index (χ1n) is 8.47. The molecule has 22 heavy (non-hydrogen) atoms. The molecule has 0 aromatic heterocycles. The number of aromatic hydroxyl groups is 2. The summed E-state index contributed by atoms with van der Waals surface area (Å²) in [6.07, 6.45) is 5.46. The van der Waals surface area contributed by atoms with Crippen molar-refractivity contribution >= 4 is 6.29 Å². The van der Waals surface area contributed by atoms with E-state index in [0.717, 1.165) is 44.0 Å². The molecule has 2 rings (SSSR count). The minimum atomic E-state index is 0.0362. The zero-order valence-corrected chi connectivity index (χ0v) is 13.9. The zero-order valence-electron chi connectivity index (χ0n) is 13.9. The number of carbonyl (C=O) groups excluding carboxylic acids is 1. The Labute approximate surface area is 133 Å². The zero-order chi connectivity index (χ0) is 16.3. The lowest BCUT2D eigenvalue weighted by molar-refractivity contribution is -0.112. The van der Waals surface area contributed by atoms with Gasteiger partial charge < -0.3 is 15.0 Å². The molecule has 1 aromatic rings. The van der Waals surface area contributed by atoms with Gasteiger partial charge >= 0.3 is 0 Å². The average Bonchev–Trinajstić information content (AvgIpc) is 2.46. The Kier molecular flexibility index (Phi) is 5.49. The van der Waals surface area contributed by atoms with Gasteiger partial charge in [-0.2, -0.15) is 0 Å². The molecule has 1 saturated carbocycles. The number of aryl methyl sites for hydroxylation is 1. The second-order valence-electron chi connectivity index (χ2n) is 7.02. The molecule has 3 heteroatoms. The lowest BCUT2D eigenvalue weighted by atomic mass is 9.67. The van der Waals surface area contributed by atoms with Gasteiger partial charge in [-0.25, -0.2) is 0 Å². The third-order valence-electron chi connectivity index (χ3n) is 5.10. The molecule has 1 aliphatic carbocycles. The van der Waals surface area contributed by atoms with Crippen molar-refractivity contribution in [3.05, 3.63) is 23.3 Å². The van der Waals surface area contributed by atoms with Crippen molar-refractivity contribution in [1.82, 2.24) is 0 Å². The Balaban J connectivity index is 2.39. The molecule has 1 aliphatic rings. The topological polar surface area (TPSA) is 57.5 Å². The summed E-state index contributed by atoms with van der Waals surface area (Å²) in [5.74, 6) is 1.32. The van der Waals surface area contributed by atoms with E-state index in [4.69, 9.17) is 0 Å². The molecule has 3 nitrogen and oxygen atoms in total. The highest BCUT2D eigenvalue weighted by atomic mass is 16.3. The minimum Gasteiger partial charge on any atom is -0.508 e. The van der Waals surface area contributed by atoms with Gasteiger partial charge in [-0.15, -0.1) is 0 Å². The largest absolute Gasteiger partial charge is 0.508 e. The maximum Gasteiger partial charge on any atom is 0.123 e. The fourth-order valence-electron chi connectivity index (χ4n) is 3.97. The number of phenols is 2. The summed E-state index contributed by atoms with van der Waals surface area (Å²) in [7, 11) is 0. The molecular weight excluding hydrogens is 276 g/mol. The molecule has 0 radical (unpaired) electrons. The number of hydrogen-bond acceptors (Lipinski definition) is 3. The van der Waals surface area contributed by atoms with Crippen molar-refractivity contribution in [3.63, 3.8) is 0 Å². The lowest BCUT2D eigenvalue weighted by Gasteiger charge is -2.37. The maximum atomic E-state index is 11.2. The molecule has 3 atom stereocenters. The van der Waals surface area contributed by atoms with E-state index in [1.165, 1.54) is 0 Å². The smallest absolute Gasteiger partial charge is 0.123 e. The molecule has 1 aromatic carbocycles. The molecule has 0 amide bonds. The Hall–Kier alpha value is -1.51. The third kappa shape index (κ3) is 3.45. The van der Waals surface area contributed by atoms with Gasteiger partial charge in [0.1, 0.15) is 17.8 Å². The van der Waals surface area contributed by atoms with Gasteiger partial charge in [0.25, 0.3) is 0 Å². The lowest BCUT2D eigenvalue weighted by Crippen LogP contribution is -2.27. The van der Waals surface area contributed by atoms with Crippen LogP contribution in [0.15, 0.2) is 12.1 Å². The Bertz CT molecular complexity index is 498. The summed E-state index contributed by atoms with van der Waals surface area (Å²) in [5.41, 5.74) is 1.61. The van der Waals surface area contributed by atoms with Gasteiger partial charge in [0.2, 0.25) is 0 Å². The number of benzene rings is 1. The van der Waals surface area contributed by atoms with Gasteiger partial charge in [-0.05, 0) is 61.1 Å². The Morgan fingerprint density at radius 2 is 1.86 bits per heavy atom. The monoisotopic (exact) mass is 304 g/mol. The van der Waals surface area contributed by atoms with Crippen LogP contribution < -0.4 is 0 Å². The van der Waals surface area contributed by atoms with E-state index in [9.17, 15) is 15.0 Å². The van der Waals surface area contributed by atoms with Crippen LogP contribution in [0.2, 0.25) is 0 Å².